The first-order chi connectivity index (χ1) is 13.2. The number of carboxylic acids is 2. The first-order valence-corrected chi connectivity index (χ1v) is 10.5. The molecule has 0 unspecified atom stereocenters. The molecule has 12 heteroatoms. The monoisotopic (exact) mass is 458 g/mol. The van der Waals surface area contributed by atoms with Gasteiger partial charge in [0, 0.05) is 25.0 Å². The van der Waals surface area contributed by atoms with Gasteiger partial charge in [-0.05, 0) is 37.8 Å². The lowest BCUT2D eigenvalue weighted by atomic mass is 10.3. The van der Waals surface area contributed by atoms with Crippen molar-refractivity contribution in [2.75, 3.05) is 13.1 Å². The zero-order chi connectivity index (χ0) is 20.8. The Balaban J connectivity index is 2.00. The summed E-state index contributed by atoms with van der Waals surface area (Å²) in [7, 11) is 0. The van der Waals surface area contributed by atoms with Crippen LogP contribution >= 0.6 is 48.0 Å². The Morgan fingerprint density at radius 3 is 1.50 bits per heavy atom. The standard InChI is InChI=1S/C16H16N2O6S4/c19-11(20)3-1-7-17-13(23)9(27-15(17)25)5-6-10-14(24)18(16(26)28-10)8-2-4-12(21)22/h5-6H,1-4,7-8H2,(H,19,20)(H,21,22)/p-2/b9-5+,10-6+. The SMILES string of the molecule is O=C([O-])CCCN1C(=O)/C(=C\C=C2\SC(=S)N(CCCC(=O)[O-])C2=O)SC1=S. The smallest absolute Gasteiger partial charge is 0.266 e. The van der Waals surface area contributed by atoms with Crippen molar-refractivity contribution in [2.24, 2.45) is 0 Å². The summed E-state index contributed by atoms with van der Waals surface area (Å²) in [6.45, 7) is 0.354. The molecule has 2 rings (SSSR count). The Morgan fingerprint density at radius 2 is 1.18 bits per heavy atom. The molecular formula is C16H14N2O6S4-2. The Hall–Kier alpha value is -1.76. The summed E-state index contributed by atoms with van der Waals surface area (Å²) in [5, 5.41) is 21.0. The van der Waals surface area contributed by atoms with Crippen LogP contribution in [0.3, 0.4) is 0 Å². The largest absolute Gasteiger partial charge is 0.550 e. The predicted molar refractivity (Wildman–Crippen MR) is 108 cm³/mol. The highest BCUT2D eigenvalue weighted by Gasteiger charge is 2.33. The first kappa shape index (κ1) is 22.5. The van der Waals surface area contributed by atoms with Crippen molar-refractivity contribution < 1.29 is 29.4 Å². The van der Waals surface area contributed by atoms with Gasteiger partial charge in [0.25, 0.3) is 11.8 Å². The van der Waals surface area contributed by atoms with Crippen LogP contribution in [0.5, 0.6) is 0 Å². The van der Waals surface area contributed by atoms with E-state index in [1.54, 1.807) is 0 Å². The minimum atomic E-state index is -1.19. The molecule has 0 aromatic heterocycles. The molecule has 8 nitrogen and oxygen atoms in total. The maximum absolute atomic E-state index is 12.4. The Kier molecular flexibility index (Phi) is 8.16. The summed E-state index contributed by atoms with van der Waals surface area (Å²) >= 11 is 12.4. The molecule has 0 aromatic carbocycles. The van der Waals surface area contributed by atoms with E-state index in [1.807, 2.05) is 0 Å². The lowest BCUT2D eigenvalue weighted by molar-refractivity contribution is -0.307. The van der Waals surface area contributed by atoms with Crippen LogP contribution in [0.25, 0.3) is 0 Å². The zero-order valence-corrected chi connectivity index (χ0v) is 17.6. The molecular weight excluding hydrogens is 444 g/mol. The number of nitrogens with zero attached hydrogens (tertiary/aromatic N) is 2. The van der Waals surface area contributed by atoms with Crippen molar-refractivity contribution in [3.8, 4) is 0 Å². The third-order valence-corrected chi connectivity index (χ3v) is 6.45. The number of aliphatic carboxylic acids is 2. The van der Waals surface area contributed by atoms with Gasteiger partial charge in [-0.1, -0.05) is 48.0 Å². The molecule has 2 aliphatic heterocycles. The number of hydrogen-bond acceptors (Lipinski definition) is 10. The van der Waals surface area contributed by atoms with Crippen LogP contribution in [-0.4, -0.2) is 55.3 Å². The van der Waals surface area contributed by atoms with E-state index >= 15 is 0 Å². The van der Waals surface area contributed by atoms with E-state index in [1.165, 1.54) is 22.0 Å². The van der Waals surface area contributed by atoms with Crippen LogP contribution in [0.4, 0.5) is 0 Å². The number of rotatable bonds is 9. The van der Waals surface area contributed by atoms with Crippen molar-refractivity contribution in [1.82, 2.24) is 9.80 Å². The van der Waals surface area contributed by atoms with Gasteiger partial charge in [-0.3, -0.25) is 19.4 Å². The fourth-order valence-electron chi connectivity index (χ4n) is 2.33. The predicted octanol–water partition coefficient (Wildman–Crippen LogP) is -0.465. The van der Waals surface area contributed by atoms with Gasteiger partial charge in [0.05, 0.1) is 9.81 Å². The second-order valence-electron chi connectivity index (χ2n) is 5.66. The lowest BCUT2D eigenvalue weighted by Crippen LogP contribution is -2.31. The van der Waals surface area contributed by atoms with Crippen molar-refractivity contribution in [3.63, 3.8) is 0 Å². The molecule has 0 radical (unpaired) electrons. The summed E-state index contributed by atoms with van der Waals surface area (Å²) < 4.78 is 0.635. The highest BCUT2D eigenvalue weighted by atomic mass is 32.2. The van der Waals surface area contributed by atoms with Crippen LogP contribution in [0.15, 0.2) is 22.0 Å². The van der Waals surface area contributed by atoms with E-state index < -0.39 is 11.9 Å². The second kappa shape index (κ2) is 10.1. The number of carbonyl (C=O) groups excluding carboxylic acids is 4. The van der Waals surface area contributed by atoms with Crippen molar-refractivity contribution in [1.29, 1.82) is 0 Å². The molecule has 150 valence electrons. The average Bonchev–Trinajstić information content (AvgIpc) is 3.03. The van der Waals surface area contributed by atoms with Crippen LogP contribution in [0.2, 0.25) is 0 Å². The van der Waals surface area contributed by atoms with Gasteiger partial charge in [0.2, 0.25) is 0 Å². The summed E-state index contributed by atoms with van der Waals surface area (Å²) in [5.41, 5.74) is 0. The lowest BCUT2D eigenvalue weighted by Gasteiger charge is -2.14. The Labute approximate surface area is 180 Å². The van der Waals surface area contributed by atoms with Gasteiger partial charge < -0.3 is 19.8 Å². The molecule has 28 heavy (non-hydrogen) atoms. The van der Waals surface area contributed by atoms with E-state index in [0.717, 1.165) is 23.5 Å². The summed E-state index contributed by atoms with van der Waals surface area (Å²) in [4.78, 5) is 49.0. The number of thiocarbonyl (C=S) groups is 2. The van der Waals surface area contributed by atoms with Crippen LogP contribution in [0.1, 0.15) is 25.7 Å². The van der Waals surface area contributed by atoms with E-state index in [2.05, 4.69) is 0 Å². The zero-order valence-electron chi connectivity index (χ0n) is 14.4. The third-order valence-electron chi connectivity index (χ3n) is 3.66. The van der Waals surface area contributed by atoms with Gasteiger partial charge >= 0.3 is 0 Å². The number of thioether (sulfide) groups is 2. The molecule has 2 saturated heterocycles. The van der Waals surface area contributed by atoms with E-state index in [4.69, 9.17) is 24.4 Å². The Bertz CT molecular complexity index is 741. The molecule has 0 bridgehead atoms. The third kappa shape index (κ3) is 5.87. The number of allylic oxidation sites excluding steroid dienone is 2. The van der Waals surface area contributed by atoms with Crippen LogP contribution in [-0.2, 0) is 19.2 Å². The van der Waals surface area contributed by atoms with Gasteiger partial charge in [-0.25, -0.2) is 0 Å². The van der Waals surface area contributed by atoms with Gasteiger partial charge in [-0.15, -0.1) is 0 Å². The number of hydrogen-bond donors (Lipinski definition) is 0. The topological polar surface area (TPSA) is 121 Å². The summed E-state index contributed by atoms with van der Waals surface area (Å²) in [6.07, 6.45) is 3.07. The molecule has 2 amide bonds. The highest BCUT2D eigenvalue weighted by molar-refractivity contribution is 8.27. The van der Waals surface area contributed by atoms with Crippen LogP contribution < -0.4 is 10.2 Å². The quantitative estimate of drug-likeness (QED) is 0.331. The minimum absolute atomic E-state index is 0.170. The first-order valence-electron chi connectivity index (χ1n) is 8.09. The second-order valence-corrected chi connectivity index (χ2v) is 9.01. The van der Waals surface area contributed by atoms with Gasteiger partial charge in [-0.2, -0.15) is 0 Å². The normalized spacial score (nSPS) is 20.1. The molecule has 0 atom stereocenters. The van der Waals surface area contributed by atoms with Crippen molar-refractivity contribution in [3.05, 3.63) is 22.0 Å². The molecule has 0 spiro atoms. The van der Waals surface area contributed by atoms with Crippen molar-refractivity contribution in [2.45, 2.75) is 25.7 Å². The maximum atomic E-state index is 12.4. The summed E-state index contributed by atoms with van der Waals surface area (Å²) in [5.74, 6) is -3.09. The molecule has 0 N–H and O–H groups in total. The van der Waals surface area contributed by atoms with Crippen molar-refractivity contribution >= 4 is 80.4 Å². The van der Waals surface area contributed by atoms with Gasteiger partial charge in [0.1, 0.15) is 8.64 Å². The molecule has 2 aliphatic rings. The Morgan fingerprint density at radius 1 is 0.821 bits per heavy atom. The van der Waals surface area contributed by atoms with Crippen LogP contribution in [0, 0.1) is 0 Å². The van der Waals surface area contributed by atoms with E-state index in [0.29, 0.717) is 18.5 Å². The summed E-state index contributed by atoms with van der Waals surface area (Å²) in [6, 6.07) is 0. The van der Waals surface area contributed by atoms with Gasteiger partial charge in [0.15, 0.2) is 0 Å². The maximum Gasteiger partial charge on any atom is 0.266 e. The molecule has 0 saturated carbocycles. The molecule has 2 heterocycles. The number of amides is 2. The molecule has 0 aliphatic carbocycles. The highest BCUT2D eigenvalue weighted by Crippen LogP contribution is 2.34. The number of carbonyl (C=O) groups is 4. The fourth-order valence-corrected chi connectivity index (χ4v) is 4.83. The fraction of sp³-hybridized carbons (Fsp3) is 0.375. The van der Waals surface area contributed by atoms with E-state index in [-0.39, 0.29) is 50.6 Å². The number of carboxylic acid groups (broad SMARTS) is 2. The van der Waals surface area contributed by atoms with E-state index in [9.17, 15) is 29.4 Å². The molecule has 2 fully saturated rings. The molecule has 0 aromatic rings. The minimum Gasteiger partial charge on any atom is -0.550 e. The average molecular weight is 459 g/mol.